The summed E-state index contributed by atoms with van der Waals surface area (Å²) in [5, 5.41) is 11.1. The smallest absolute Gasteiger partial charge is 0.271 e. The highest BCUT2D eigenvalue weighted by atomic mass is 16.6. The Balaban J connectivity index is 1.68. The largest absolute Gasteiger partial charge is 0.378 e. The van der Waals surface area contributed by atoms with E-state index in [9.17, 15) is 14.9 Å². The first-order valence-corrected chi connectivity index (χ1v) is 8.52. The molecule has 8 heteroatoms. The lowest BCUT2D eigenvalue weighted by Gasteiger charge is -2.30. The van der Waals surface area contributed by atoms with Crippen molar-refractivity contribution in [2.24, 2.45) is 0 Å². The number of hydrogen-bond acceptors (Lipinski definition) is 6. The molecule has 134 valence electrons. The number of morpholine rings is 1. The maximum atomic E-state index is 13.2. The normalized spacial score (nSPS) is 16.5. The molecule has 1 aromatic heterocycles. The van der Waals surface area contributed by atoms with E-state index in [0.29, 0.717) is 56.3 Å². The molecule has 0 bridgehead atoms. The minimum atomic E-state index is -0.440. The summed E-state index contributed by atoms with van der Waals surface area (Å²) in [4.78, 5) is 31.9. The highest BCUT2D eigenvalue weighted by Gasteiger charge is 2.30. The van der Waals surface area contributed by atoms with Crippen LogP contribution < -0.4 is 9.80 Å². The van der Waals surface area contributed by atoms with Crippen LogP contribution in [0.4, 0.5) is 17.2 Å². The fourth-order valence-electron chi connectivity index (χ4n) is 3.43. The molecule has 1 saturated heterocycles. The molecule has 1 fully saturated rings. The Morgan fingerprint density at radius 2 is 2.00 bits per heavy atom. The van der Waals surface area contributed by atoms with Crippen LogP contribution in [0.5, 0.6) is 0 Å². The van der Waals surface area contributed by atoms with Crippen LogP contribution >= 0.6 is 0 Å². The number of nitro benzene ring substituents is 1. The molecule has 0 radical (unpaired) electrons. The SMILES string of the molecule is O=C(c1cccnc1N1CCOCC1)N1CCc2ccc([N+](=O)[O-])cc21. The zero-order valence-corrected chi connectivity index (χ0v) is 14.1. The second kappa shape index (κ2) is 6.72. The molecule has 0 spiro atoms. The summed E-state index contributed by atoms with van der Waals surface area (Å²) in [7, 11) is 0. The van der Waals surface area contributed by atoms with Crippen molar-refractivity contribution >= 4 is 23.1 Å². The number of ether oxygens (including phenoxy) is 1. The minimum Gasteiger partial charge on any atom is -0.378 e. The van der Waals surface area contributed by atoms with E-state index in [1.165, 1.54) is 12.1 Å². The lowest BCUT2D eigenvalue weighted by molar-refractivity contribution is -0.384. The first-order valence-electron chi connectivity index (χ1n) is 8.52. The summed E-state index contributed by atoms with van der Waals surface area (Å²) in [6, 6.07) is 8.19. The average molecular weight is 354 g/mol. The van der Waals surface area contributed by atoms with Gasteiger partial charge in [-0.1, -0.05) is 6.07 Å². The molecule has 1 aromatic carbocycles. The number of nitro groups is 1. The van der Waals surface area contributed by atoms with Crippen molar-refractivity contribution in [1.29, 1.82) is 0 Å². The molecule has 3 heterocycles. The molecular weight excluding hydrogens is 336 g/mol. The van der Waals surface area contributed by atoms with Crippen LogP contribution in [0.1, 0.15) is 15.9 Å². The molecule has 0 N–H and O–H groups in total. The van der Waals surface area contributed by atoms with E-state index in [-0.39, 0.29) is 11.6 Å². The molecule has 4 rings (SSSR count). The van der Waals surface area contributed by atoms with Crippen LogP contribution in [0, 0.1) is 10.1 Å². The zero-order valence-electron chi connectivity index (χ0n) is 14.1. The Kier molecular flexibility index (Phi) is 4.26. The van der Waals surface area contributed by atoms with Gasteiger partial charge in [0.2, 0.25) is 0 Å². The fourth-order valence-corrected chi connectivity index (χ4v) is 3.43. The second-order valence-corrected chi connectivity index (χ2v) is 6.25. The van der Waals surface area contributed by atoms with Crippen LogP contribution in [0.2, 0.25) is 0 Å². The maximum Gasteiger partial charge on any atom is 0.271 e. The Morgan fingerprint density at radius 1 is 1.19 bits per heavy atom. The number of rotatable bonds is 3. The summed E-state index contributed by atoms with van der Waals surface area (Å²) in [5.41, 5.74) is 2.05. The van der Waals surface area contributed by atoms with Gasteiger partial charge in [0.25, 0.3) is 11.6 Å². The van der Waals surface area contributed by atoms with Crippen LogP contribution in [-0.2, 0) is 11.2 Å². The second-order valence-electron chi connectivity index (χ2n) is 6.25. The van der Waals surface area contributed by atoms with E-state index in [1.54, 1.807) is 29.3 Å². The number of carbonyl (C=O) groups excluding carboxylic acids is 1. The molecule has 1 amide bonds. The van der Waals surface area contributed by atoms with E-state index < -0.39 is 4.92 Å². The fraction of sp³-hybridized carbons (Fsp3) is 0.333. The number of benzene rings is 1. The van der Waals surface area contributed by atoms with Gasteiger partial charge >= 0.3 is 0 Å². The average Bonchev–Trinajstić information content (AvgIpc) is 3.11. The van der Waals surface area contributed by atoms with Crippen molar-refractivity contribution in [2.45, 2.75) is 6.42 Å². The van der Waals surface area contributed by atoms with E-state index in [2.05, 4.69) is 4.98 Å². The standard InChI is InChI=1S/C18H18N4O4/c23-18(15-2-1-6-19-17(15)20-8-10-26-11-9-20)21-7-5-13-3-4-14(22(24)25)12-16(13)21/h1-4,6,12H,5,7-11H2. The summed E-state index contributed by atoms with van der Waals surface area (Å²) in [5.74, 6) is 0.457. The van der Waals surface area contributed by atoms with E-state index in [0.717, 1.165) is 5.56 Å². The molecule has 0 saturated carbocycles. The molecule has 8 nitrogen and oxygen atoms in total. The number of fused-ring (bicyclic) bond motifs is 1. The molecule has 26 heavy (non-hydrogen) atoms. The first-order chi connectivity index (χ1) is 12.6. The van der Waals surface area contributed by atoms with Crippen LogP contribution in [-0.4, -0.2) is 48.7 Å². The lowest BCUT2D eigenvalue weighted by atomic mass is 10.1. The highest BCUT2D eigenvalue weighted by molar-refractivity contribution is 6.10. The number of pyridine rings is 1. The Labute approximate surface area is 150 Å². The monoisotopic (exact) mass is 354 g/mol. The van der Waals surface area contributed by atoms with Gasteiger partial charge in [0.05, 0.1) is 29.4 Å². The third kappa shape index (κ3) is 2.88. The number of carbonyl (C=O) groups is 1. The van der Waals surface area contributed by atoms with Gasteiger partial charge in [0.1, 0.15) is 5.82 Å². The van der Waals surface area contributed by atoms with Gasteiger partial charge in [0, 0.05) is 38.0 Å². The van der Waals surface area contributed by atoms with Gasteiger partial charge < -0.3 is 14.5 Å². The molecule has 0 atom stereocenters. The number of hydrogen-bond donors (Lipinski definition) is 0. The highest BCUT2D eigenvalue weighted by Crippen LogP contribution is 2.33. The third-order valence-corrected chi connectivity index (χ3v) is 4.75. The van der Waals surface area contributed by atoms with Crippen molar-refractivity contribution in [3.8, 4) is 0 Å². The van der Waals surface area contributed by atoms with Crippen molar-refractivity contribution < 1.29 is 14.5 Å². The van der Waals surface area contributed by atoms with E-state index >= 15 is 0 Å². The molecule has 2 aliphatic rings. The van der Waals surface area contributed by atoms with Gasteiger partial charge in [-0.05, 0) is 24.1 Å². The van der Waals surface area contributed by atoms with Gasteiger partial charge in [0.15, 0.2) is 0 Å². The van der Waals surface area contributed by atoms with Crippen molar-refractivity contribution in [3.63, 3.8) is 0 Å². The number of nitrogens with zero attached hydrogens (tertiary/aromatic N) is 4. The predicted octanol–water partition coefficient (Wildman–Crippen LogP) is 2.03. The van der Waals surface area contributed by atoms with Crippen LogP contribution in [0.15, 0.2) is 36.5 Å². The molecule has 0 aliphatic carbocycles. The zero-order chi connectivity index (χ0) is 18.1. The minimum absolute atomic E-state index is 0.0111. The number of aromatic nitrogens is 1. The maximum absolute atomic E-state index is 13.2. The Morgan fingerprint density at radius 3 is 2.77 bits per heavy atom. The number of non-ortho nitro benzene ring substituents is 1. The van der Waals surface area contributed by atoms with Crippen LogP contribution in [0.3, 0.4) is 0 Å². The van der Waals surface area contributed by atoms with E-state index in [4.69, 9.17) is 4.74 Å². The first kappa shape index (κ1) is 16.5. The van der Waals surface area contributed by atoms with Gasteiger partial charge in [-0.15, -0.1) is 0 Å². The quantitative estimate of drug-likeness (QED) is 0.619. The summed E-state index contributed by atoms with van der Waals surface area (Å²) in [6.07, 6.45) is 2.36. The van der Waals surface area contributed by atoms with Crippen LogP contribution in [0.25, 0.3) is 0 Å². The summed E-state index contributed by atoms with van der Waals surface area (Å²) >= 11 is 0. The Hall–Kier alpha value is -3.00. The summed E-state index contributed by atoms with van der Waals surface area (Å²) < 4.78 is 5.37. The topological polar surface area (TPSA) is 88.8 Å². The van der Waals surface area contributed by atoms with Crippen molar-refractivity contribution in [2.75, 3.05) is 42.6 Å². The molecule has 2 aliphatic heterocycles. The van der Waals surface area contributed by atoms with Gasteiger partial charge in [-0.2, -0.15) is 0 Å². The van der Waals surface area contributed by atoms with E-state index in [1.807, 2.05) is 4.90 Å². The lowest BCUT2D eigenvalue weighted by Crippen LogP contribution is -2.39. The van der Waals surface area contributed by atoms with Gasteiger partial charge in [-0.3, -0.25) is 14.9 Å². The Bertz CT molecular complexity index is 864. The predicted molar refractivity (Wildman–Crippen MR) is 95.7 cm³/mol. The number of amides is 1. The number of anilines is 2. The molecule has 0 unspecified atom stereocenters. The molecular formula is C18H18N4O4. The molecule has 2 aromatic rings. The van der Waals surface area contributed by atoms with Crippen molar-refractivity contribution in [1.82, 2.24) is 4.98 Å². The summed E-state index contributed by atoms with van der Waals surface area (Å²) in [6.45, 7) is 3.07. The van der Waals surface area contributed by atoms with Crippen molar-refractivity contribution in [3.05, 3.63) is 57.8 Å². The van der Waals surface area contributed by atoms with Gasteiger partial charge in [-0.25, -0.2) is 4.98 Å². The third-order valence-electron chi connectivity index (χ3n) is 4.75.